The number of nitrogens with zero attached hydrogens (tertiary/aromatic N) is 2. The summed E-state index contributed by atoms with van der Waals surface area (Å²) in [6.45, 7) is 5.36. The zero-order valence-corrected chi connectivity index (χ0v) is 11.9. The first-order chi connectivity index (χ1) is 9.13. The van der Waals surface area contributed by atoms with Crippen molar-refractivity contribution in [2.24, 2.45) is 5.73 Å². The van der Waals surface area contributed by atoms with Gasteiger partial charge in [-0.15, -0.1) is 0 Å². The van der Waals surface area contributed by atoms with Crippen molar-refractivity contribution in [3.63, 3.8) is 0 Å². The van der Waals surface area contributed by atoms with Crippen molar-refractivity contribution in [3.05, 3.63) is 17.6 Å². The molecule has 5 heteroatoms. The molecule has 0 bridgehead atoms. The van der Waals surface area contributed by atoms with Gasteiger partial charge in [0.05, 0.1) is 12.7 Å². The molecule has 1 aliphatic rings. The lowest BCUT2D eigenvalue weighted by atomic mass is 9.94. The average molecular weight is 264 g/mol. The van der Waals surface area contributed by atoms with Crippen LogP contribution in [0, 0.1) is 13.8 Å². The SMILES string of the molecule is Cc1cc(NCCOC2CCC(N)CC2)nc(C)n1. The minimum absolute atomic E-state index is 0.380. The van der Waals surface area contributed by atoms with Crippen molar-refractivity contribution in [1.29, 1.82) is 0 Å². The predicted molar refractivity (Wildman–Crippen MR) is 76.2 cm³/mol. The second-order valence-electron chi connectivity index (χ2n) is 5.28. The smallest absolute Gasteiger partial charge is 0.129 e. The Morgan fingerprint density at radius 2 is 2.00 bits per heavy atom. The molecule has 2 rings (SSSR count). The van der Waals surface area contributed by atoms with E-state index in [0.717, 1.165) is 49.6 Å². The monoisotopic (exact) mass is 264 g/mol. The van der Waals surface area contributed by atoms with Crippen LogP contribution < -0.4 is 11.1 Å². The van der Waals surface area contributed by atoms with Gasteiger partial charge in [-0.2, -0.15) is 0 Å². The zero-order valence-electron chi connectivity index (χ0n) is 11.9. The van der Waals surface area contributed by atoms with Crippen LogP contribution in [0.2, 0.25) is 0 Å². The molecule has 0 aromatic carbocycles. The summed E-state index contributed by atoms with van der Waals surface area (Å²) in [4.78, 5) is 8.58. The summed E-state index contributed by atoms with van der Waals surface area (Å²) in [5, 5.41) is 3.27. The van der Waals surface area contributed by atoms with Crippen LogP contribution in [0.5, 0.6) is 0 Å². The Morgan fingerprint density at radius 1 is 1.26 bits per heavy atom. The highest BCUT2D eigenvalue weighted by atomic mass is 16.5. The quantitative estimate of drug-likeness (QED) is 0.793. The molecule has 1 aromatic rings. The predicted octanol–water partition coefficient (Wildman–Crippen LogP) is 1.79. The van der Waals surface area contributed by atoms with Crippen LogP contribution in [-0.2, 0) is 4.74 Å². The van der Waals surface area contributed by atoms with Crippen LogP contribution in [0.3, 0.4) is 0 Å². The molecule has 106 valence electrons. The van der Waals surface area contributed by atoms with E-state index in [2.05, 4.69) is 15.3 Å². The van der Waals surface area contributed by atoms with Crippen LogP contribution in [0.25, 0.3) is 0 Å². The molecule has 1 heterocycles. The molecule has 0 spiro atoms. The van der Waals surface area contributed by atoms with Gasteiger partial charge in [-0.3, -0.25) is 0 Å². The Morgan fingerprint density at radius 3 is 2.68 bits per heavy atom. The molecule has 0 amide bonds. The maximum atomic E-state index is 5.87. The number of anilines is 1. The second-order valence-corrected chi connectivity index (χ2v) is 5.28. The van der Waals surface area contributed by atoms with Crippen LogP contribution in [0.15, 0.2) is 6.07 Å². The molecule has 0 atom stereocenters. The summed E-state index contributed by atoms with van der Waals surface area (Å²) >= 11 is 0. The van der Waals surface area contributed by atoms with Gasteiger partial charge >= 0.3 is 0 Å². The third kappa shape index (κ3) is 4.76. The Labute approximate surface area is 115 Å². The normalized spacial score (nSPS) is 23.3. The molecule has 0 saturated heterocycles. The Kier molecular flexibility index (Phi) is 5.10. The Bertz CT molecular complexity index is 382. The van der Waals surface area contributed by atoms with Gasteiger partial charge in [-0.25, -0.2) is 9.97 Å². The topological polar surface area (TPSA) is 73.1 Å². The number of aryl methyl sites for hydroxylation is 2. The summed E-state index contributed by atoms with van der Waals surface area (Å²) in [7, 11) is 0. The molecular weight excluding hydrogens is 240 g/mol. The highest BCUT2D eigenvalue weighted by molar-refractivity contribution is 5.35. The standard InChI is InChI=1S/C14H24N4O/c1-10-9-14(18-11(2)17-10)16-7-8-19-13-5-3-12(15)4-6-13/h9,12-13H,3-8,15H2,1-2H3,(H,16,17,18). The maximum absolute atomic E-state index is 5.87. The minimum atomic E-state index is 0.380. The van der Waals surface area contributed by atoms with E-state index in [1.807, 2.05) is 19.9 Å². The van der Waals surface area contributed by atoms with Crippen molar-refractivity contribution in [2.45, 2.75) is 51.7 Å². The molecule has 3 N–H and O–H groups in total. The number of nitrogens with one attached hydrogen (secondary N) is 1. The summed E-state index contributed by atoms with van der Waals surface area (Å²) in [6.07, 6.45) is 4.74. The van der Waals surface area contributed by atoms with Crippen LogP contribution >= 0.6 is 0 Å². The van der Waals surface area contributed by atoms with Gasteiger partial charge in [-0.05, 0) is 39.5 Å². The van der Waals surface area contributed by atoms with Gasteiger partial charge < -0.3 is 15.8 Å². The Balaban J connectivity index is 1.66. The molecule has 1 aliphatic carbocycles. The summed E-state index contributed by atoms with van der Waals surface area (Å²) in [5.74, 6) is 1.67. The van der Waals surface area contributed by atoms with Gasteiger partial charge in [-0.1, -0.05) is 0 Å². The molecular formula is C14H24N4O. The molecule has 0 unspecified atom stereocenters. The first-order valence-electron chi connectivity index (χ1n) is 7.07. The maximum Gasteiger partial charge on any atom is 0.129 e. The summed E-state index contributed by atoms with van der Waals surface area (Å²) < 4.78 is 5.85. The lowest BCUT2D eigenvalue weighted by molar-refractivity contribution is 0.0313. The van der Waals surface area contributed by atoms with Gasteiger partial charge in [0.1, 0.15) is 11.6 Å². The number of hydrogen-bond acceptors (Lipinski definition) is 5. The van der Waals surface area contributed by atoms with E-state index in [1.165, 1.54) is 0 Å². The van der Waals surface area contributed by atoms with Crippen LogP contribution in [0.1, 0.15) is 37.2 Å². The van der Waals surface area contributed by atoms with Crippen LogP contribution in [-0.4, -0.2) is 35.3 Å². The molecule has 0 aliphatic heterocycles. The average Bonchev–Trinajstić information content (AvgIpc) is 2.36. The van der Waals surface area contributed by atoms with E-state index >= 15 is 0 Å². The number of hydrogen-bond donors (Lipinski definition) is 2. The van der Waals surface area contributed by atoms with E-state index in [9.17, 15) is 0 Å². The first-order valence-corrected chi connectivity index (χ1v) is 7.07. The van der Waals surface area contributed by atoms with Crippen molar-refractivity contribution < 1.29 is 4.74 Å². The fraction of sp³-hybridized carbons (Fsp3) is 0.714. The van der Waals surface area contributed by atoms with Gasteiger partial charge in [0.25, 0.3) is 0 Å². The first kappa shape index (κ1) is 14.2. The van der Waals surface area contributed by atoms with Gasteiger partial charge in [0.15, 0.2) is 0 Å². The minimum Gasteiger partial charge on any atom is -0.376 e. The fourth-order valence-electron chi connectivity index (χ4n) is 2.47. The van der Waals surface area contributed by atoms with Crippen molar-refractivity contribution in [3.8, 4) is 0 Å². The highest BCUT2D eigenvalue weighted by Gasteiger charge is 2.18. The fourth-order valence-corrected chi connectivity index (χ4v) is 2.47. The van der Waals surface area contributed by atoms with E-state index in [1.54, 1.807) is 0 Å². The molecule has 19 heavy (non-hydrogen) atoms. The van der Waals surface area contributed by atoms with Crippen molar-refractivity contribution in [1.82, 2.24) is 9.97 Å². The molecule has 5 nitrogen and oxygen atoms in total. The number of aromatic nitrogens is 2. The van der Waals surface area contributed by atoms with E-state index in [0.29, 0.717) is 18.8 Å². The van der Waals surface area contributed by atoms with Crippen molar-refractivity contribution >= 4 is 5.82 Å². The van der Waals surface area contributed by atoms with E-state index < -0.39 is 0 Å². The largest absolute Gasteiger partial charge is 0.376 e. The van der Waals surface area contributed by atoms with Crippen molar-refractivity contribution in [2.75, 3.05) is 18.5 Å². The van der Waals surface area contributed by atoms with E-state index in [4.69, 9.17) is 10.5 Å². The number of ether oxygens (including phenoxy) is 1. The van der Waals surface area contributed by atoms with Gasteiger partial charge in [0, 0.05) is 24.3 Å². The molecule has 0 radical (unpaired) electrons. The highest BCUT2D eigenvalue weighted by Crippen LogP contribution is 2.19. The van der Waals surface area contributed by atoms with E-state index in [-0.39, 0.29) is 0 Å². The summed E-state index contributed by atoms with van der Waals surface area (Å²) in [6, 6.07) is 2.33. The molecule has 1 saturated carbocycles. The lowest BCUT2D eigenvalue weighted by Crippen LogP contribution is -2.31. The third-order valence-corrected chi connectivity index (χ3v) is 3.45. The zero-order chi connectivity index (χ0) is 13.7. The molecule has 1 fully saturated rings. The van der Waals surface area contributed by atoms with Crippen LogP contribution in [0.4, 0.5) is 5.82 Å². The molecule has 1 aromatic heterocycles. The lowest BCUT2D eigenvalue weighted by Gasteiger charge is -2.26. The Hall–Kier alpha value is -1.20. The summed E-state index contributed by atoms with van der Waals surface area (Å²) in [5.41, 5.74) is 6.86. The number of rotatable bonds is 5. The second kappa shape index (κ2) is 6.82. The van der Waals surface area contributed by atoms with Gasteiger partial charge in [0.2, 0.25) is 0 Å². The third-order valence-electron chi connectivity index (χ3n) is 3.45. The number of nitrogens with two attached hydrogens (primary N) is 1.